The van der Waals surface area contributed by atoms with Gasteiger partial charge in [0.25, 0.3) is 0 Å². The maximum atomic E-state index is 2.33. The molecule has 0 spiro atoms. The Balaban J connectivity index is 0. The molecule has 136 valence electrons. The summed E-state index contributed by atoms with van der Waals surface area (Å²) in [7, 11) is 0. The fourth-order valence-electron chi connectivity index (χ4n) is 3.80. The van der Waals surface area contributed by atoms with Crippen LogP contribution in [-0.4, -0.2) is 0 Å². The number of hydrogen-bond donors (Lipinski definition) is 0. The summed E-state index contributed by atoms with van der Waals surface area (Å²) >= 11 is 0. The van der Waals surface area contributed by atoms with Gasteiger partial charge in [0.2, 0.25) is 0 Å². The normalized spacial score (nSPS) is 10.4. The van der Waals surface area contributed by atoms with Gasteiger partial charge in [-0.15, -0.1) is 5.56 Å². The molecule has 0 aromatic heterocycles. The van der Waals surface area contributed by atoms with Crippen molar-refractivity contribution in [1.82, 2.24) is 0 Å². The Morgan fingerprint density at radius 2 is 0.923 bits per heavy atom. The molecule has 3 rings (SSSR count). The van der Waals surface area contributed by atoms with E-state index in [1.165, 1.54) is 16.7 Å². The van der Waals surface area contributed by atoms with E-state index in [0.29, 0.717) is 0 Å². The quantitative estimate of drug-likeness (QED) is 0.297. The summed E-state index contributed by atoms with van der Waals surface area (Å²) < 4.78 is 0. The molecule has 3 aromatic carbocycles. The van der Waals surface area contributed by atoms with Gasteiger partial charge in [-0.2, -0.15) is 12.1 Å². The van der Waals surface area contributed by atoms with Crippen molar-refractivity contribution in [3.63, 3.8) is 0 Å². The first-order chi connectivity index (χ1) is 10.6. The van der Waals surface area contributed by atoms with Crippen LogP contribution < -0.4 is 37.2 Å². The van der Waals surface area contributed by atoms with Crippen LogP contribution in [0.2, 0.25) is 0 Å². The summed E-state index contributed by atoms with van der Waals surface area (Å²) in [6, 6.07) is 30.6. The van der Waals surface area contributed by atoms with Crippen molar-refractivity contribution >= 4 is 0 Å². The molecule has 3 aromatic rings. The van der Waals surface area contributed by atoms with Crippen LogP contribution in [0.3, 0.4) is 0 Å². The van der Waals surface area contributed by atoms with E-state index in [1.807, 2.05) is 0 Å². The average Bonchev–Trinajstić information content (AvgIpc) is 3.03. The fourth-order valence-corrected chi connectivity index (χ4v) is 3.80. The summed E-state index contributed by atoms with van der Waals surface area (Å²) in [5.74, 6) is 0. The van der Waals surface area contributed by atoms with E-state index in [9.17, 15) is 0 Å². The Morgan fingerprint density at radius 3 is 1.23 bits per heavy atom. The minimum atomic E-state index is -0.154. The minimum absolute atomic E-state index is 0. The molecule has 0 aliphatic rings. The molecule has 0 bridgehead atoms. The zero-order valence-corrected chi connectivity index (χ0v) is 19.0. The number of halogens is 3. The molecular weight excluding hydrogens is 418 g/mol. The zero-order valence-electron chi connectivity index (χ0n) is 15.2. The second kappa shape index (κ2) is 11.3. The fraction of sp³-hybridized carbons (Fsp3) is 0.227. The summed E-state index contributed by atoms with van der Waals surface area (Å²) in [6.45, 7) is 7.00. The minimum Gasteiger partial charge on any atom is -1.00 e. The summed E-state index contributed by atoms with van der Waals surface area (Å²) in [5, 5.41) is 0. The monoisotopic (exact) mass is 440 g/mol. The molecule has 0 amide bonds. The molecule has 0 saturated carbocycles. The maximum absolute atomic E-state index is 2.33. The molecule has 0 saturated heterocycles. The summed E-state index contributed by atoms with van der Waals surface area (Å²) in [4.78, 5) is 0. The van der Waals surface area contributed by atoms with E-state index < -0.39 is 0 Å². The largest absolute Gasteiger partial charge is 4.00 e. The SMILES string of the molecule is CC(C)(C)C(c1ccccc1)(c1ccccc1)[c-]1cccc1.[Cl-].[Cl-].[Cl-].[Ti+4]. The van der Waals surface area contributed by atoms with Crippen molar-refractivity contribution in [2.24, 2.45) is 5.41 Å². The third kappa shape index (κ3) is 4.80. The second-order valence-electron chi connectivity index (χ2n) is 6.91. The molecule has 0 unspecified atom stereocenters. The van der Waals surface area contributed by atoms with E-state index in [0.717, 1.165) is 0 Å². The summed E-state index contributed by atoms with van der Waals surface area (Å²) in [6.07, 6.45) is 0. The van der Waals surface area contributed by atoms with Crippen LogP contribution >= 0.6 is 0 Å². The predicted molar refractivity (Wildman–Crippen MR) is 94.3 cm³/mol. The molecule has 0 aliphatic carbocycles. The van der Waals surface area contributed by atoms with Gasteiger partial charge in [-0.1, -0.05) is 81.4 Å². The zero-order chi connectivity index (χ0) is 15.6. The summed E-state index contributed by atoms with van der Waals surface area (Å²) in [5.41, 5.74) is 3.94. The van der Waals surface area contributed by atoms with E-state index in [2.05, 4.69) is 106 Å². The number of benzene rings is 2. The van der Waals surface area contributed by atoms with E-state index in [1.54, 1.807) is 0 Å². The van der Waals surface area contributed by atoms with E-state index in [-0.39, 0.29) is 69.8 Å². The van der Waals surface area contributed by atoms with Crippen LogP contribution in [0.25, 0.3) is 0 Å². The maximum Gasteiger partial charge on any atom is 4.00 e. The average molecular weight is 442 g/mol. The number of hydrogen-bond acceptors (Lipinski definition) is 0. The molecule has 26 heavy (non-hydrogen) atoms. The van der Waals surface area contributed by atoms with Crippen LogP contribution in [0.4, 0.5) is 0 Å². The van der Waals surface area contributed by atoms with Crippen LogP contribution in [0, 0.1) is 5.41 Å². The van der Waals surface area contributed by atoms with Crippen LogP contribution in [0.5, 0.6) is 0 Å². The van der Waals surface area contributed by atoms with Gasteiger partial charge in [0, 0.05) is 5.41 Å². The van der Waals surface area contributed by atoms with Crippen molar-refractivity contribution in [2.75, 3.05) is 0 Å². The Hall–Kier alpha value is -0.626. The molecule has 4 heteroatoms. The van der Waals surface area contributed by atoms with E-state index >= 15 is 0 Å². The Bertz CT molecular complexity index is 678. The van der Waals surface area contributed by atoms with Gasteiger partial charge >= 0.3 is 21.7 Å². The third-order valence-corrected chi connectivity index (χ3v) is 4.63. The van der Waals surface area contributed by atoms with Gasteiger partial charge in [0.15, 0.2) is 0 Å². The molecule has 0 fully saturated rings. The van der Waals surface area contributed by atoms with Crippen LogP contribution in [0.1, 0.15) is 37.5 Å². The molecule has 0 nitrogen and oxygen atoms in total. The Morgan fingerprint density at radius 1 is 0.577 bits per heavy atom. The van der Waals surface area contributed by atoms with E-state index in [4.69, 9.17) is 0 Å². The van der Waals surface area contributed by atoms with Gasteiger partial charge in [-0.3, -0.25) is 0 Å². The first-order valence-corrected chi connectivity index (χ1v) is 7.90. The van der Waals surface area contributed by atoms with Crippen LogP contribution in [-0.2, 0) is 27.1 Å². The third-order valence-electron chi connectivity index (χ3n) is 4.63. The molecule has 0 aliphatic heterocycles. The topological polar surface area (TPSA) is 0 Å². The first kappa shape index (κ1) is 27.6. The van der Waals surface area contributed by atoms with Gasteiger partial charge in [0.05, 0.1) is 0 Å². The van der Waals surface area contributed by atoms with Gasteiger partial charge in [-0.05, 0) is 16.5 Å². The standard InChI is InChI=1S/C22H23.3ClH.Ti/c1-21(2,3)22(20-16-10-11-17-20,18-12-6-4-7-13-18)19-14-8-5-9-15-19;;;;/h4-17H,1-3H3;3*1H;/q-1;;;;+4/p-3. The van der Waals surface area contributed by atoms with Gasteiger partial charge in [-0.25, -0.2) is 12.1 Å². The van der Waals surface area contributed by atoms with Crippen molar-refractivity contribution in [2.45, 2.75) is 26.2 Å². The molecule has 0 atom stereocenters. The van der Waals surface area contributed by atoms with Crippen molar-refractivity contribution < 1.29 is 58.9 Å². The molecule has 0 radical (unpaired) electrons. The number of rotatable bonds is 3. The first-order valence-electron chi connectivity index (χ1n) is 7.90. The predicted octanol–water partition coefficient (Wildman–Crippen LogP) is -3.20. The second-order valence-corrected chi connectivity index (χ2v) is 6.91. The molecule has 0 N–H and O–H groups in total. The molecule has 0 heterocycles. The Kier molecular flexibility index (Phi) is 12.0. The van der Waals surface area contributed by atoms with Crippen molar-refractivity contribution in [1.29, 1.82) is 0 Å². The van der Waals surface area contributed by atoms with Crippen molar-refractivity contribution in [3.8, 4) is 0 Å². The van der Waals surface area contributed by atoms with Gasteiger partial charge in [0.1, 0.15) is 0 Å². The Labute approximate surface area is 191 Å². The van der Waals surface area contributed by atoms with Crippen molar-refractivity contribution in [3.05, 3.63) is 102 Å². The smallest absolute Gasteiger partial charge is 1.00 e. The molecular formula is C22H23Cl3Ti. The van der Waals surface area contributed by atoms with Gasteiger partial charge < -0.3 is 37.2 Å². The van der Waals surface area contributed by atoms with Crippen LogP contribution in [0.15, 0.2) is 84.9 Å².